The lowest BCUT2D eigenvalue weighted by Gasteiger charge is -2.13. The first-order valence-electron chi connectivity index (χ1n) is 11.0. The van der Waals surface area contributed by atoms with E-state index >= 15 is 0 Å². The first-order valence-corrected chi connectivity index (χ1v) is 13.9. The molecule has 14 heteroatoms. The number of fused-ring (bicyclic) bond motifs is 1. The van der Waals surface area contributed by atoms with Gasteiger partial charge >= 0.3 is 6.18 Å². The van der Waals surface area contributed by atoms with Gasteiger partial charge in [-0.1, -0.05) is 18.2 Å². The van der Waals surface area contributed by atoms with Gasteiger partial charge in [0, 0.05) is 30.0 Å². The Morgan fingerprint density at radius 1 is 1.16 bits per heavy atom. The van der Waals surface area contributed by atoms with E-state index in [9.17, 15) is 31.2 Å². The Kier molecular flexibility index (Phi) is 7.47. The van der Waals surface area contributed by atoms with Crippen LogP contribution in [-0.4, -0.2) is 48.3 Å². The van der Waals surface area contributed by atoms with Crippen LogP contribution >= 0.6 is 11.3 Å². The average Bonchev–Trinajstić information content (AvgIpc) is 3.45. The molecule has 0 radical (unpaired) electrons. The van der Waals surface area contributed by atoms with Crippen LogP contribution in [0.5, 0.6) is 5.75 Å². The lowest BCUT2D eigenvalue weighted by molar-refractivity contribution is -0.138. The number of rotatable bonds is 9. The van der Waals surface area contributed by atoms with E-state index in [1.165, 1.54) is 42.7 Å². The predicted molar refractivity (Wildman–Crippen MR) is 135 cm³/mol. The minimum absolute atomic E-state index is 0.0215. The van der Waals surface area contributed by atoms with Crippen molar-refractivity contribution in [2.75, 3.05) is 18.6 Å². The molecule has 2 aromatic carbocycles. The number of halogens is 3. The molecule has 9 nitrogen and oxygen atoms in total. The standard InChI is InChI=1S/C24H21F3N4O5S2/c1-38(34,35)9-8-29-23(33)14-6-7-18-17(10-14)30-13-31(18)20-11-19(21(37-20)22(28)32)36-12-15-4-2-3-5-16(15)24(25,26)27/h2-7,10-11,13H,8-9,12H2,1H3,(H2,28,32)(H,29,33). The van der Waals surface area contributed by atoms with Crippen molar-refractivity contribution in [3.05, 3.63) is 76.4 Å². The Hall–Kier alpha value is -3.91. The summed E-state index contributed by atoms with van der Waals surface area (Å²) in [4.78, 5) is 28.7. The smallest absolute Gasteiger partial charge is 0.416 e. The zero-order chi connectivity index (χ0) is 27.7. The number of carbonyl (C=O) groups excluding carboxylic acids is 2. The average molecular weight is 567 g/mol. The van der Waals surface area contributed by atoms with Gasteiger partial charge in [-0.15, -0.1) is 11.3 Å². The second-order valence-electron chi connectivity index (χ2n) is 8.29. The van der Waals surface area contributed by atoms with Gasteiger partial charge in [0.25, 0.3) is 11.8 Å². The van der Waals surface area contributed by atoms with Crippen LogP contribution in [-0.2, 0) is 22.6 Å². The second kappa shape index (κ2) is 10.5. The number of aromatic nitrogens is 2. The number of thiophene rings is 1. The highest BCUT2D eigenvalue weighted by atomic mass is 32.2. The van der Waals surface area contributed by atoms with Crippen LogP contribution in [0, 0.1) is 0 Å². The molecule has 4 rings (SSSR count). The maximum absolute atomic E-state index is 13.3. The number of carbonyl (C=O) groups is 2. The van der Waals surface area contributed by atoms with Gasteiger partial charge in [0.05, 0.1) is 22.3 Å². The summed E-state index contributed by atoms with van der Waals surface area (Å²) in [6, 6.07) is 11.1. The molecule has 38 heavy (non-hydrogen) atoms. The van der Waals surface area contributed by atoms with Crippen molar-refractivity contribution in [2.45, 2.75) is 12.8 Å². The van der Waals surface area contributed by atoms with Crippen molar-refractivity contribution in [2.24, 2.45) is 5.73 Å². The highest BCUT2D eigenvalue weighted by Gasteiger charge is 2.33. The normalized spacial score (nSPS) is 12.0. The Morgan fingerprint density at radius 3 is 2.58 bits per heavy atom. The highest BCUT2D eigenvalue weighted by molar-refractivity contribution is 7.90. The summed E-state index contributed by atoms with van der Waals surface area (Å²) in [6.45, 7) is -0.472. The fourth-order valence-corrected chi connectivity index (χ4v) is 5.03. The van der Waals surface area contributed by atoms with Crippen LogP contribution in [0.15, 0.2) is 54.9 Å². The van der Waals surface area contributed by atoms with E-state index in [2.05, 4.69) is 10.3 Å². The van der Waals surface area contributed by atoms with Crippen LogP contribution in [0.25, 0.3) is 16.0 Å². The molecule has 2 heterocycles. The molecule has 0 bridgehead atoms. The fourth-order valence-electron chi connectivity index (χ4n) is 3.62. The van der Waals surface area contributed by atoms with E-state index in [0.717, 1.165) is 23.7 Å². The number of nitrogens with two attached hydrogens (primary N) is 1. The molecule has 0 aliphatic heterocycles. The second-order valence-corrected chi connectivity index (χ2v) is 11.6. The molecular formula is C24H21F3N4O5S2. The van der Waals surface area contributed by atoms with Crippen LogP contribution in [0.2, 0.25) is 0 Å². The summed E-state index contributed by atoms with van der Waals surface area (Å²) in [5.74, 6) is -1.44. The lowest BCUT2D eigenvalue weighted by Crippen LogP contribution is -2.28. The first kappa shape index (κ1) is 27.1. The van der Waals surface area contributed by atoms with Crippen LogP contribution < -0.4 is 15.8 Å². The molecule has 0 atom stereocenters. The minimum Gasteiger partial charge on any atom is -0.487 e. The van der Waals surface area contributed by atoms with Crippen LogP contribution in [0.1, 0.15) is 31.2 Å². The largest absolute Gasteiger partial charge is 0.487 e. The van der Waals surface area contributed by atoms with Gasteiger partial charge in [-0.3, -0.25) is 14.2 Å². The fraction of sp³-hybridized carbons (Fsp3) is 0.208. The van der Waals surface area contributed by atoms with Crippen LogP contribution in [0.4, 0.5) is 13.2 Å². The summed E-state index contributed by atoms with van der Waals surface area (Å²) in [7, 11) is -3.22. The van der Waals surface area contributed by atoms with Crippen molar-refractivity contribution in [1.82, 2.24) is 14.9 Å². The number of imidazole rings is 1. The molecule has 3 N–H and O–H groups in total. The van der Waals surface area contributed by atoms with Crippen molar-refractivity contribution < 1.29 is 35.9 Å². The summed E-state index contributed by atoms with van der Waals surface area (Å²) in [6.07, 6.45) is -2.04. The highest BCUT2D eigenvalue weighted by Crippen LogP contribution is 2.36. The topological polar surface area (TPSA) is 133 Å². The maximum Gasteiger partial charge on any atom is 0.416 e. The van der Waals surface area contributed by atoms with Gasteiger partial charge in [-0.2, -0.15) is 13.2 Å². The van der Waals surface area contributed by atoms with Gasteiger partial charge in [0.1, 0.15) is 38.4 Å². The summed E-state index contributed by atoms with van der Waals surface area (Å²) in [5.41, 5.74) is 5.83. The maximum atomic E-state index is 13.3. The molecule has 4 aromatic rings. The zero-order valence-electron chi connectivity index (χ0n) is 19.8. The Morgan fingerprint density at radius 2 is 1.89 bits per heavy atom. The SMILES string of the molecule is CS(=O)(=O)CCNC(=O)c1ccc2c(c1)ncn2-c1cc(OCc2ccccc2C(F)(F)F)c(C(N)=O)s1. The number of alkyl halides is 3. The number of ether oxygens (including phenoxy) is 1. The number of nitrogens with zero attached hydrogens (tertiary/aromatic N) is 2. The summed E-state index contributed by atoms with van der Waals surface area (Å²) >= 11 is 0.974. The molecule has 0 aliphatic rings. The predicted octanol–water partition coefficient (Wildman–Crippen LogP) is 3.56. The molecule has 2 aromatic heterocycles. The number of hydrogen-bond donors (Lipinski definition) is 2. The van der Waals surface area contributed by atoms with Gasteiger partial charge in [0.15, 0.2) is 0 Å². The van der Waals surface area contributed by atoms with Gasteiger partial charge in [-0.25, -0.2) is 13.4 Å². The number of amides is 2. The third-order valence-corrected chi connectivity index (χ3v) is 7.50. The van der Waals surface area contributed by atoms with Crippen molar-refractivity contribution in [3.63, 3.8) is 0 Å². The molecule has 0 aliphatic carbocycles. The first-order chi connectivity index (χ1) is 17.8. The number of primary amides is 1. The van der Waals surface area contributed by atoms with Gasteiger partial charge in [-0.05, 0) is 24.3 Å². The van der Waals surface area contributed by atoms with Gasteiger partial charge < -0.3 is 15.8 Å². The molecule has 0 fully saturated rings. The van der Waals surface area contributed by atoms with Crippen molar-refractivity contribution >= 4 is 44.0 Å². The molecule has 0 saturated heterocycles. The monoisotopic (exact) mass is 566 g/mol. The van der Waals surface area contributed by atoms with Crippen molar-refractivity contribution in [1.29, 1.82) is 0 Å². The molecule has 0 spiro atoms. The van der Waals surface area contributed by atoms with Crippen LogP contribution in [0.3, 0.4) is 0 Å². The number of hydrogen-bond acceptors (Lipinski definition) is 7. The van der Waals surface area contributed by atoms with E-state index in [1.807, 2.05) is 0 Å². The van der Waals surface area contributed by atoms with Crippen molar-refractivity contribution in [3.8, 4) is 10.8 Å². The van der Waals surface area contributed by atoms with E-state index in [1.54, 1.807) is 10.6 Å². The summed E-state index contributed by atoms with van der Waals surface area (Å²) < 4.78 is 69.7. The third kappa shape index (κ3) is 6.14. The Bertz CT molecular complexity index is 1630. The molecular weight excluding hydrogens is 545 g/mol. The van der Waals surface area contributed by atoms with E-state index in [-0.39, 0.29) is 34.1 Å². The number of nitrogens with one attached hydrogen (secondary N) is 1. The lowest BCUT2D eigenvalue weighted by atomic mass is 10.1. The summed E-state index contributed by atoms with van der Waals surface area (Å²) in [5, 5.41) is 3.00. The Balaban J connectivity index is 1.58. The molecule has 0 unspecified atom stereocenters. The van der Waals surface area contributed by atoms with E-state index in [0.29, 0.717) is 16.0 Å². The third-order valence-electron chi connectivity index (χ3n) is 5.42. The Labute approximate surface area is 219 Å². The number of benzene rings is 2. The minimum atomic E-state index is -4.56. The molecule has 0 saturated carbocycles. The van der Waals surface area contributed by atoms with Gasteiger partial charge in [0.2, 0.25) is 0 Å². The van der Waals surface area contributed by atoms with E-state index in [4.69, 9.17) is 10.5 Å². The zero-order valence-corrected chi connectivity index (χ0v) is 21.4. The molecule has 200 valence electrons. The number of sulfone groups is 1. The molecule has 2 amide bonds. The quantitative estimate of drug-likeness (QED) is 0.318. The van der Waals surface area contributed by atoms with E-state index < -0.39 is 40.0 Å².